The Bertz CT molecular complexity index is 265. The van der Waals surface area contributed by atoms with Crippen LogP contribution in [-0.4, -0.2) is 23.8 Å². The first-order chi connectivity index (χ1) is 7.34. The van der Waals surface area contributed by atoms with E-state index in [2.05, 4.69) is 13.5 Å². The van der Waals surface area contributed by atoms with Crippen molar-refractivity contribution in [3.8, 4) is 0 Å². The van der Waals surface area contributed by atoms with Gasteiger partial charge in [0.2, 0.25) is 0 Å². The minimum Gasteiger partial charge on any atom is -0.459 e. The van der Waals surface area contributed by atoms with E-state index in [0.29, 0.717) is 17.9 Å². The van der Waals surface area contributed by atoms with Crippen LogP contribution < -0.4 is 0 Å². The van der Waals surface area contributed by atoms with Crippen molar-refractivity contribution in [2.75, 3.05) is 6.61 Å². The Hall–Kier alpha value is -0.830. The van der Waals surface area contributed by atoms with Crippen molar-refractivity contribution >= 4 is 5.97 Å². The highest BCUT2D eigenvalue weighted by atomic mass is 16.5. The second-order valence-corrected chi connectivity index (χ2v) is 5.70. The number of hydrogen-bond donors (Lipinski definition) is 1. The molecule has 1 heterocycles. The zero-order valence-electron chi connectivity index (χ0n) is 10.5. The quantitative estimate of drug-likeness (QED) is 0.578. The maximum atomic E-state index is 11.1. The van der Waals surface area contributed by atoms with Crippen molar-refractivity contribution in [2.24, 2.45) is 11.3 Å². The van der Waals surface area contributed by atoms with Gasteiger partial charge in [0.25, 0.3) is 0 Å². The Morgan fingerprint density at radius 2 is 2.25 bits per heavy atom. The SMILES string of the molecule is C=C1CC(CC(C)CC(C)(C)CO)OC1=O. The molecule has 0 aliphatic carbocycles. The van der Waals surface area contributed by atoms with E-state index in [1.54, 1.807) is 0 Å². The van der Waals surface area contributed by atoms with E-state index in [0.717, 1.165) is 12.8 Å². The van der Waals surface area contributed by atoms with E-state index in [1.165, 1.54) is 0 Å². The highest BCUT2D eigenvalue weighted by Gasteiger charge is 2.30. The van der Waals surface area contributed by atoms with Crippen LogP contribution in [0, 0.1) is 11.3 Å². The van der Waals surface area contributed by atoms with Crippen LogP contribution in [0.2, 0.25) is 0 Å². The van der Waals surface area contributed by atoms with Gasteiger partial charge in [0, 0.05) is 18.6 Å². The van der Waals surface area contributed by atoms with Crippen LogP contribution >= 0.6 is 0 Å². The number of esters is 1. The Morgan fingerprint density at radius 3 is 2.69 bits per heavy atom. The van der Waals surface area contributed by atoms with E-state index in [4.69, 9.17) is 4.74 Å². The van der Waals surface area contributed by atoms with Crippen LogP contribution in [0.5, 0.6) is 0 Å². The van der Waals surface area contributed by atoms with E-state index in [1.807, 2.05) is 13.8 Å². The first-order valence-electron chi connectivity index (χ1n) is 5.83. The Kier molecular flexibility index (Phi) is 4.14. The fourth-order valence-electron chi connectivity index (χ4n) is 2.31. The van der Waals surface area contributed by atoms with E-state index in [9.17, 15) is 9.90 Å². The number of carbonyl (C=O) groups excluding carboxylic acids is 1. The topological polar surface area (TPSA) is 46.5 Å². The first kappa shape index (κ1) is 13.2. The minimum atomic E-state index is -0.251. The maximum absolute atomic E-state index is 11.1. The van der Waals surface area contributed by atoms with Crippen LogP contribution in [0.25, 0.3) is 0 Å². The number of hydrogen-bond acceptors (Lipinski definition) is 3. The van der Waals surface area contributed by atoms with E-state index in [-0.39, 0.29) is 24.1 Å². The molecule has 0 amide bonds. The van der Waals surface area contributed by atoms with Crippen molar-refractivity contribution in [3.05, 3.63) is 12.2 Å². The molecular weight excluding hydrogens is 204 g/mol. The molecule has 0 saturated carbocycles. The van der Waals surface area contributed by atoms with Gasteiger partial charge in [-0.2, -0.15) is 0 Å². The molecular formula is C13H22O3. The summed E-state index contributed by atoms with van der Waals surface area (Å²) in [5.74, 6) is 0.185. The summed E-state index contributed by atoms with van der Waals surface area (Å²) >= 11 is 0. The molecule has 2 unspecified atom stereocenters. The summed E-state index contributed by atoms with van der Waals surface area (Å²) in [7, 11) is 0. The van der Waals surface area contributed by atoms with Crippen molar-refractivity contribution in [1.29, 1.82) is 0 Å². The highest BCUT2D eigenvalue weighted by Crippen LogP contribution is 2.30. The number of cyclic esters (lactones) is 1. The lowest BCUT2D eigenvalue weighted by atomic mass is 9.82. The third kappa shape index (κ3) is 3.63. The molecule has 0 radical (unpaired) electrons. The predicted molar refractivity (Wildman–Crippen MR) is 62.9 cm³/mol. The van der Waals surface area contributed by atoms with Gasteiger partial charge >= 0.3 is 5.97 Å². The second-order valence-electron chi connectivity index (χ2n) is 5.70. The largest absolute Gasteiger partial charge is 0.459 e. The normalized spacial score (nSPS) is 23.4. The monoisotopic (exact) mass is 226 g/mol. The van der Waals surface area contributed by atoms with Crippen LogP contribution in [0.15, 0.2) is 12.2 Å². The lowest BCUT2D eigenvalue weighted by Gasteiger charge is -2.26. The summed E-state index contributed by atoms with van der Waals surface area (Å²) in [6.45, 7) is 10.1. The fourth-order valence-corrected chi connectivity index (χ4v) is 2.31. The number of ether oxygens (including phenoxy) is 1. The Labute approximate surface area is 97.5 Å². The molecule has 92 valence electrons. The van der Waals surface area contributed by atoms with Crippen LogP contribution in [0.3, 0.4) is 0 Å². The average molecular weight is 226 g/mol. The standard InChI is InChI=1S/C13H22O3/c1-9(7-13(3,4)8-14)5-11-6-10(2)12(15)16-11/h9,11,14H,2,5-8H2,1,3-4H3. The summed E-state index contributed by atoms with van der Waals surface area (Å²) < 4.78 is 5.19. The molecule has 0 aromatic heterocycles. The smallest absolute Gasteiger partial charge is 0.333 e. The lowest BCUT2D eigenvalue weighted by Crippen LogP contribution is -2.22. The number of aliphatic hydroxyl groups is 1. The van der Waals surface area contributed by atoms with Gasteiger partial charge in [-0.05, 0) is 24.2 Å². The zero-order valence-corrected chi connectivity index (χ0v) is 10.5. The summed E-state index contributed by atoms with van der Waals surface area (Å²) in [5.41, 5.74) is 0.526. The molecule has 1 saturated heterocycles. The van der Waals surface area contributed by atoms with Crippen molar-refractivity contribution in [2.45, 2.75) is 46.1 Å². The molecule has 1 rings (SSSR count). The van der Waals surface area contributed by atoms with Gasteiger partial charge in [-0.15, -0.1) is 0 Å². The van der Waals surface area contributed by atoms with Gasteiger partial charge in [-0.25, -0.2) is 4.79 Å². The molecule has 2 atom stereocenters. The molecule has 3 nitrogen and oxygen atoms in total. The molecule has 3 heteroatoms. The van der Waals surface area contributed by atoms with E-state index < -0.39 is 0 Å². The average Bonchev–Trinajstić information content (AvgIpc) is 2.44. The van der Waals surface area contributed by atoms with E-state index >= 15 is 0 Å². The van der Waals surface area contributed by atoms with Crippen molar-refractivity contribution in [3.63, 3.8) is 0 Å². The molecule has 1 aliphatic heterocycles. The second kappa shape index (κ2) is 5.00. The Balaban J connectivity index is 2.38. The third-order valence-corrected chi connectivity index (χ3v) is 3.03. The molecule has 1 fully saturated rings. The summed E-state index contributed by atoms with van der Waals surface area (Å²) in [5, 5.41) is 9.19. The molecule has 0 aromatic carbocycles. The molecule has 0 bridgehead atoms. The van der Waals surface area contributed by atoms with Gasteiger partial charge in [0.1, 0.15) is 6.10 Å². The molecule has 1 aliphatic rings. The van der Waals surface area contributed by atoms with Crippen LogP contribution in [0.4, 0.5) is 0 Å². The van der Waals surface area contributed by atoms with Gasteiger partial charge in [-0.1, -0.05) is 27.4 Å². The first-order valence-corrected chi connectivity index (χ1v) is 5.83. The Morgan fingerprint density at radius 1 is 1.62 bits per heavy atom. The number of carbonyl (C=O) groups is 1. The number of aliphatic hydroxyl groups excluding tert-OH is 1. The summed E-state index contributed by atoms with van der Waals surface area (Å²) in [6, 6.07) is 0. The van der Waals surface area contributed by atoms with Crippen molar-refractivity contribution < 1.29 is 14.6 Å². The highest BCUT2D eigenvalue weighted by molar-refractivity contribution is 5.89. The van der Waals surface area contributed by atoms with Gasteiger partial charge in [0.05, 0.1) is 0 Å². The number of rotatable bonds is 5. The summed E-state index contributed by atoms with van der Waals surface area (Å²) in [6.07, 6.45) is 2.44. The molecule has 0 aromatic rings. The van der Waals surface area contributed by atoms with Crippen LogP contribution in [0.1, 0.15) is 40.0 Å². The molecule has 0 spiro atoms. The summed E-state index contributed by atoms with van der Waals surface area (Å²) in [4.78, 5) is 11.1. The van der Waals surface area contributed by atoms with Gasteiger partial charge in [0.15, 0.2) is 0 Å². The third-order valence-electron chi connectivity index (χ3n) is 3.03. The molecule has 1 N–H and O–H groups in total. The van der Waals surface area contributed by atoms with Gasteiger partial charge in [-0.3, -0.25) is 0 Å². The molecule has 16 heavy (non-hydrogen) atoms. The predicted octanol–water partition coefficient (Wildman–Crippen LogP) is 2.29. The lowest BCUT2D eigenvalue weighted by molar-refractivity contribution is -0.139. The zero-order chi connectivity index (χ0) is 12.3. The minimum absolute atomic E-state index is 0.00973. The fraction of sp³-hybridized carbons (Fsp3) is 0.769. The maximum Gasteiger partial charge on any atom is 0.333 e. The van der Waals surface area contributed by atoms with Crippen molar-refractivity contribution in [1.82, 2.24) is 0 Å². The van der Waals surface area contributed by atoms with Gasteiger partial charge < -0.3 is 9.84 Å². The van der Waals surface area contributed by atoms with Crippen LogP contribution in [-0.2, 0) is 9.53 Å².